The lowest BCUT2D eigenvalue weighted by Crippen LogP contribution is -2.26. The van der Waals surface area contributed by atoms with Gasteiger partial charge in [0.1, 0.15) is 5.75 Å². The van der Waals surface area contributed by atoms with Crippen LogP contribution in [0, 0.1) is 6.92 Å². The van der Waals surface area contributed by atoms with Crippen molar-refractivity contribution in [1.82, 2.24) is 0 Å². The summed E-state index contributed by atoms with van der Waals surface area (Å²) in [6.07, 6.45) is 0. The molecule has 2 aromatic rings. The second-order valence-corrected chi connectivity index (χ2v) is 6.24. The number of hydrogen-bond donors (Lipinski definition) is 1. The highest BCUT2D eigenvalue weighted by Gasteiger charge is 2.22. The van der Waals surface area contributed by atoms with Gasteiger partial charge >= 0.3 is 0 Å². The normalized spacial score (nSPS) is 11.3. The third-order valence-electron chi connectivity index (χ3n) is 2.90. The molecule has 0 saturated carbocycles. The Balaban J connectivity index is 2.45. The van der Waals surface area contributed by atoms with Crippen molar-refractivity contribution in [2.45, 2.75) is 11.8 Å². The summed E-state index contributed by atoms with van der Waals surface area (Å²) in [5.41, 5.74) is 1.24. The second kappa shape index (κ2) is 4.93. The molecule has 2 aromatic carbocycles. The van der Waals surface area contributed by atoms with E-state index in [1.165, 1.54) is 13.1 Å². The van der Waals surface area contributed by atoms with E-state index in [1.54, 1.807) is 42.5 Å². The number of aromatic hydroxyl groups is 1. The van der Waals surface area contributed by atoms with Crippen LogP contribution < -0.4 is 4.31 Å². The van der Waals surface area contributed by atoms with Gasteiger partial charge in [-0.2, -0.15) is 0 Å². The maximum absolute atomic E-state index is 12.4. The number of nitrogens with zero attached hydrogens (tertiary/aromatic N) is 1. The van der Waals surface area contributed by atoms with E-state index in [1.807, 2.05) is 6.92 Å². The zero-order chi connectivity index (χ0) is 14.0. The first-order valence-corrected chi connectivity index (χ1v) is 7.20. The fraction of sp³-hybridized carbons (Fsp3) is 0.143. The van der Waals surface area contributed by atoms with Crippen LogP contribution in [0.4, 0.5) is 5.69 Å². The summed E-state index contributed by atoms with van der Waals surface area (Å²) >= 11 is 0. The summed E-state index contributed by atoms with van der Waals surface area (Å²) in [5.74, 6) is -0.0688. The number of phenolic OH excluding ortho intramolecular Hbond substituents is 1. The third-order valence-corrected chi connectivity index (χ3v) is 4.69. The summed E-state index contributed by atoms with van der Waals surface area (Å²) in [6.45, 7) is 1.89. The van der Waals surface area contributed by atoms with Gasteiger partial charge < -0.3 is 5.11 Å². The van der Waals surface area contributed by atoms with Crippen LogP contribution in [0.5, 0.6) is 5.75 Å². The summed E-state index contributed by atoms with van der Waals surface area (Å²) < 4.78 is 25.9. The predicted octanol–water partition coefficient (Wildman–Crippen LogP) is 2.53. The predicted molar refractivity (Wildman–Crippen MR) is 74.9 cm³/mol. The van der Waals surface area contributed by atoms with Crippen molar-refractivity contribution in [2.75, 3.05) is 11.4 Å². The van der Waals surface area contributed by atoms with Crippen LogP contribution in [0.1, 0.15) is 5.56 Å². The molecule has 0 aliphatic carbocycles. The lowest BCUT2D eigenvalue weighted by Gasteiger charge is -2.20. The molecule has 19 heavy (non-hydrogen) atoms. The first-order chi connectivity index (χ1) is 8.93. The van der Waals surface area contributed by atoms with E-state index in [-0.39, 0.29) is 16.3 Å². The average Bonchev–Trinajstić information content (AvgIpc) is 2.39. The van der Waals surface area contributed by atoms with Crippen LogP contribution in [-0.2, 0) is 10.0 Å². The highest BCUT2D eigenvalue weighted by Crippen LogP contribution is 2.29. The summed E-state index contributed by atoms with van der Waals surface area (Å²) in [7, 11) is -2.24. The van der Waals surface area contributed by atoms with E-state index >= 15 is 0 Å². The molecule has 0 unspecified atom stereocenters. The van der Waals surface area contributed by atoms with Crippen LogP contribution in [0.15, 0.2) is 53.4 Å². The molecule has 0 saturated heterocycles. The highest BCUT2D eigenvalue weighted by atomic mass is 32.2. The lowest BCUT2D eigenvalue weighted by atomic mass is 10.2. The number of aryl methyl sites for hydroxylation is 1. The summed E-state index contributed by atoms with van der Waals surface area (Å²) in [4.78, 5) is 0.198. The van der Waals surface area contributed by atoms with E-state index in [0.717, 1.165) is 9.87 Å². The smallest absolute Gasteiger partial charge is 0.264 e. The minimum absolute atomic E-state index is 0.0688. The van der Waals surface area contributed by atoms with Gasteiger partial charge in [-0.3, -0.25) is 4.31 Å². The van der Waals surface area contributed by atoms with Crippen LogP contribution >= 0.6 is 0 Å². The van der Waals surface area contributed by atoms with E-state index in [0.29, 0.717) is 0 Å². The van der Waals surface area contributed by atoms with Crippen molar-refractivity contribution < 1.29 is 13.5 Å². The van der Waals surface area contributed by atoms with Gasteiger partial charge in [0.05, 0.1) is 10.6 Å². The fourth-order valence-electron chi connectivity index (χ4n) is 1.73. The Morgan fingerprint density at radius 2 is 1.58 bits per heavy atom. The molecule has 0 aromatic heterocycles. The molecule has 0 aliphatic rings. The average molecular weight is 277 g/mol. The highest BCUT2D eigenvalue weighted by molar-refractivity contribution is 7.92. The molecule has 0 heterocycles. The third kappa shape index (κ3) is 2.56. The van der Waals surface area contributed by atoms with E-state index in [2.05, 4.69) is 0 Å². The summed E-state index contributed by atoms with van der Waals surface area (Å²) in [6, 6.07) is 12.9. The van der Waals surface area contributed by atoms with Crippen LogP contribution in [0.25, 0.3) is 0 Å². The molecule has 0 radical (unpaired) electrons. The van der Waals surface area contributed by atoms with Gasteiger partial charge in [0, 0.05) is 7.05 Å². The first-order valence-electron chi connectivity index (χ1n) is 5.76. The molecule has 5 heteroatoms. The Labute approximate surface area is 113 Å². The molecule has 0 amide bonds. The van der Waals surface area contributed by atoms with E-state index < -0.39 is 10.0 Å². The molecule has 0 spiro atoms. The Morgan fingerprint density at radius 3 is 2.16 bits per heavy atom. The zero-order valence-corrected chi connectivity index (χ0v) is 11.6. The van der Waals surface area contributed by atoms with Crippen molar-refractivity contribution in [1.29, 1.82) is 0 Å². The lowest BCUT2D eigenvalue weighted by molar-refractivity contribution is 0.476. The van der Waals surface area contributed by atoms with Gasteiger partial charge in [0.15, 0.2) is 0 Å². The number of anilines is 1. The molecule has 4 nitrogen and oxygen atoms in total. The number of phenols is 1. The van der Waals surface area contributed by atoms with Gasteiger partial charge in [-0.25, -0.2) is 8.42 Å². The largest absolute Gasteiger partial charge is 0.506 e. The van der Waals surface area contributed by atoms with Crippen molar-refractivity contribution in [3.8, 4) is 5.75 Å². The summed E-state index contributed by atoms with van der Waals surface area (Å²) in [5, 5.41) is 9.73. The Morgan fingerprint density at radius 1 is 1.00 bits per heavy atom. The molecule has 0 fully saturated rings. The monoisotopic (exact) mass is 277 g/mol. The minimum atomic E-state index is -3.66. The second-order valence-electron chi connectivity index (χ2n) is 4.27. The van der Waals surface area contributed by atoms with Crippen LogP contribution in [0.3, 0.4) is 0 Å². The molecule has 2 rings (SSSR count). The topological polar surface area (TPSA) is 57.6 Å². The Bertz CT molecular complexity index is 678. The first kappa shape index (κ1) is 13.4. The Hall–Kier alpha value is -2.01. The maximum Gasteiger partial charge on any atom is 0.264 e. The van der Waals surface area contributed by atoms with Crippen LogP contribution in [-0.4, -0.2) is 20.6 Å². The number of benzene rings is 2. The number of sulfonamides is 1. The zero-order valence-electron chi connectivity index (χ0n) is 10.7. The standard InChI is InChI=1S/C14H15NO3S/c1-11-7-9-12(10-8-11)19(17,18)15(2)13-5-3-4-6-14(13)16/h3-10,16H,1-2H3. The van der Waals surface area contributed by atoms with Crippen molar-refractivity contribution in [2.24, 2.45) is 0 Å². The Kier molecular flexibility index (Phi) is 3.48. The molecule has 100 valence electrons. The van der Waals surface area contributed by atoms with Gasteiger partial charge in [-0.1, -0.05) is 29.8 Å². The quantitative estimate of drug-likeness (QED) is 0.938. The number of hydrogen-bond acceptors (Lipinski definition) is 3. The molecular weight excluding hydrogens is 262 g/mol. The molecular formula is C14H15NO3S. The molecule has 1 N–H and O–H groups in total. The van der Waals surface area contributed by atoms with Gasteiger partial charge in [-0.05, 0) is 31.2 Å². The number of rotatable bonds is 3. The van der Waals surface area contributed by atoms with E-state index in [9.17, 15) is 13.5 Å². The van der Waals surface area contributed by atoms with Gasteiger partial charge in [0.25, 0.3) is 10.0 Å². The molecule has 0 aliphatic heterocycles. The minimum Gasteiger partial charge on any atom is -0.506 e. The van der Waals surface area contributed by atoms with Gasteiger partial charge in [0.2, 0.25) is 0 Å². The molecule has 0 bridgehead atoms. The fourth-order valence-corrected chi connectivity index (χ4v) is 2.94. The van der Waals surface area contributed by atoms with E-state index in [4.69, 9.17) is 0 Å². The molecule has 0 atom stereocenters. The number of para-hydroxylation sites is 2. The van der Waals surface area contributed by atoms with Crippen molar-refractivity contribution in [3.63, 3.8) is 0 Å². The van der Waals surface area contributed by atoms with Crippen LogP contribution in [0.2, 0.25) is 0 Å². The van der Waals surface area contributed by atoms with Crippen molar-refractivity contribution in [3.05, 3.63) is 54.1 Å². The van der Waals surface area contributed by atoms with Gasteiger partial charge in [-0.15, -0.1) is 0 Å². The van der Waals surface area contributed by atoms with Crippen molar-refractivity contribution >= 4 is 15.7 Å². The SMILES string of the molecule is Cc1ccc(S(=O)(=O)N(C)c2ccccc2O)cc1. The maximum atomic E-state index is 12.4.